The molecule has 0 atom stereocenters. The van der Waals surface area contributed by atoms with Crippen LogP contribution in [0.1, 0.15) is 33.4 Å². The summed E-state index contributed by atoms with van der Waals surface area (Å²) in [6, 6.07) is 6.75. The summed E-state index contributed by atoms with van der Waals surface area (Å²) < 4.78 is 30.2. The van der Waals surface area contributed by atoms with Gasteiger partial charge in [-0.05, 0) is 51.5 Å². The molecule has 7 nitrogen and oxygen atoms in total. The summed E-state index contributed by atoms with van der Waals surface area (Å²) in [6.45, 7) is 7.20. The van der Waals surface area contributed by atoms with Gasteiger partial charge in [-0.25, -0.2) is 18.1 Å². The molecule has 1 aromatic carbocycles. The third kappa shape index (κ3) is 4.25. The number of anilines is 2. The molecule has 0 aliphatic heterocycles. The molecule has 10 heteroatoms. The Morgan fingerprint density at radius 1 is 1.18 bits per heavy atom. The van der Waals surface area contributed by atoms with Crippen LogP contribution in [0.5, 0.6) is 0 Å². The molecule has 3 rings (SSSR count). The fourth-order valence-corrected chi connectivity index (χ4v) is 4.99. The Kier molecular flexibility index (Phi) is 5.60. The van der Waals surface area contributed by atoms with E-state index in [9.17, 15) is 8.42 Å². The lowest BCUT2D eigenvalue weighted by molar-refractivity contribution is 0.491. The molecule has 150 valence electrons. The number of sulfonamides is 1. The van der Waals surface area contributed by atoms with Crippen molar-refractivity contribution in [2.24, 2.45) is 0 Å². The Hall–Kier alpha value is -1.87. The van der Waals surface area contributed by atoms with Crippen LogP contribution in [0.4, 0.5) is 11.5 Å². The molecule has 3 aromatic rings. The lowest BCUT2D eigenvalue weighted by Crippen LogP contribution is -2.40. The highest BCUT2D eigenvalue weighted by Crippen LogP contribution is 2.30. The number of nitrogens with one attached hydrogen (secondary N) is 2. The minimum absolute atomic E-state index is 0.0794. The van der Waals surface area contributed by atoms with Gasteiger partial charge in [-0.3, -0.25) is 0 Å². The van der Waals surface area contributed by atoms with Crippen molar-refractivity contribution in [2.45, 2.75) is 44.6 Å². The average molecular weight is 442 g/mol. The molecule has 0 unspecified atom stereocenters. The monoisotopic (exact) mass is 441 g/mol. The van der Waals surface area contributed by atoms with Crippen LogP contribution in [-0.4, -0.2) is 28.6 Å². The van der Waals surface area contributed by atoms with E-state index in [-0.39, 0.29) is 10.5 Å². The summed E-state index contributed by atoms with van der Waals surface area (Å²) in [5.41, 5.74) is 0.652. The Morgan fingerprint density at radius 3 is 2.50 bits per heavy atom. The molecule has 0 radical (unpaired) electrons. The van der Waals surface area contributed by atoms with Gasteiger partial charge in [-0.2, -0.15) is 9.61 Å². The molecule has 2 N–H and O–H groups in total. The highest BCUT2D eigenvalue weighted by atomic mass is 35.5. The number of nitrogens with zero attached hydrogens (tertiary/aromatic N) is 3. The van der Waals surface area contributed by atoms with Gasteiger partial charge in [0.05, 0.1) is 16.4 Å². The second kappa shape index (κ2) is 7.51. The van der Waals surface area contributed by atoms with Gasteiger partial charge in [0.2, 0.25) is 10.0 Å². The van der Waals surface area contributed by atoms with Crippen LogP contribution in [-0.2, 0) is 16.4 Å². The van der Waals surface area contributed by atoms with E-state index in [0.717, 1.165) is 0 Å². The SMILES string of the molecule is CCc1nn2c(Nc3ccc(Cl)cc3Cl)ccnc2c1S(=O)(=O)NC(C)(C)C. The highest BCUT2D eigenvalue weighted by molar-refractivity contribution is 7.89. The van der Waals surface area contributed by atoms with Crippen molar-refractivity contribution in [1.82, 2.24) is 19.3 Å². The molecular weight excluding hydrogens is 421 g/mol. The van der Waals surface area contributed by atoms with Gasteiger partial charge >= 0.3 is 0 Å². The van der Waals surface area contributed by atoms with Crippen molar-refractivity contribution in [3.8, 4) is 0 Å². The number of halogens is 2. The maximum absolute atomic E-state index is 13.0. The van der Waals surface area contributed by atoms with E-state index in [2.05, 4.69) is 20.1 Å². The van der Waals surface area contributed by atoms with Gasteiger partial charge in [-0.15, -0.1) is 0 Å². The highest BCUT2D eigenvalue weighted by Gasteiger charge is 2.30. The summed E-state index contributed by atoms with van der Waals surface area (Å²) >= 11 is 12.2. The van der Waals surface area contributed by atoms with Gasteiger partial charge < -0.3 is 5.32 Å². The largest absolute Gasteiger partial charge is 0.339 e. The van der Waals surface area contributed by atoms with Gasteiger partial charge in [0.25, 0.3) is 0 Å². The van der Waals surface area contributed by atoms with Crippen molar-refractivity contribution in [3.05, 3.63) is 46.2 Å². The first-order valence-corrected chi connectivity index (χ1v) is 10.9. The molecule has 0 bridgehead atoms. The summed E-state index contributed by atoms with van der Waals surface area (Å²) in [6.07, 6.45) is 1.96. The standard InChI is InChI=1S/C18H21Cl2N5O2S/c1-5-13-16(28(26,27)24-18(2,3)4)17-21-9-8-15(25(17)23-13)22-14-7-6-11(19)10-12(14)20/h6-10,22,24H,5H2,1-4H3. The summed E-state index contributed by atoms with van der Waals surface area (Å²) in [5.74, 6) is 0.529. The van der Waals surface area contributed by atoms with Gasteiger partial charge in [-0.1, -0.05) is 30.1 Å². The van der Waals surface area contributed by atoms with Crippen LogP contribution >= 0.6 is 23.2 Å². The first kappa shape index (κ1) is 20.9. The Bertz CT molecular complexity index is 1140. The second-order valence-electron chi connectivity index (χ2n) is 7.30. The maximum atomic E-state index is 13.0. The number of hydrogen-bond donors (Lipinski definition) is 2. The lowest BCUT2D eigenvalue weighted by atomic mass is 10.1. The van der Waals surface area contributed by atoms with Crippen LogP contribution in [0.15, 0.2) is 35.4 Å². The number of fused-ring (bicyclic) bond motifs is 1. The summed E-state index contributed by atoms with van der Waals surface area (Å²) in [4.78, 5) is 4.35. The zero-order valence-electron chi connectivity index (χ0n) is 15.9. The molecule has 0 aliphatic carbocycles. The van der Waals surface area contributed by atoms with Crippen LogP contribution in [0.3, 0.4) is 0 Å². The predicted octanol–water partition coefficient (Wildman–Crippen LogP) is 4.42. The molecule has 0 saturated heterocycles. The molecule has 0 aliphatic rings. The smallest absolute Gasteiger partial charge is 0.246 e. The molecule has 0 spiro atoms. The zero-order chi connectivity index (χ0) is 20.7. The van der Waals surface area contributed by atoms with E-state index in [1.807, 2.05) is 6.92 Å². The van der Waals surface area contributed by atoms with Crippen LogP contribution in [0.25, 0.3) is 5.65 Å². The van der Waals surface area contributed by atoms with Gasteiger partial charge in [0.1, 0.15) is 10.7 Å². The number of aryl methyl sites for hydroxylation is 1. The fraction of sp³-hybridized carbons (Fsp3) is 0.333. The maximum Gasteiger partial charge on any atom is 0.246 e. The molecule has 2 heterocycles. The van der Waals surface area contributed by atoms with Gasteiger partial charge in [0, 0.05) is 16.8 Å². The zero-order valence-corrected chi connectivity index (χ0v) is 18.2. The van der Waals surface area contributed by atoms with Crippen molar-refractivity contribution < 1.29 is 8.42 Å². The fourth-order valence-electron chi connectivity index (χ4n) is 2.75. The van der Waals surface area contributed by atoms with Crippen LogP contribution < -0.4 is 10.0 Å². The normalized spacial score (nSPS) is 12.5. The van der Waals surface area contributed by atoms with Gasteiger partial charge in [0.15, 0.2) is 5.65 Å². The van der Waals surface area contributed by atoms with E-state index in [0.29, 0.717) is 33.7 Å². The molecule has 2 aromatic heterocycles. The first-order chi connectivity index (χ1) is 13.0. The third-order valence-corrected chi connectivity index (χ3v) is 6.17. The van der Waals surface area contributed by atoms with Crippen molar-refractivity contribution >= 4 is 50.4 Å². The number of benzene rings is 1. The minimum atomic E-state index is -3.81. The van der Waals surface area contributed by atoms with E-state index in [1.54, 1.807) is 45.0 Å². The molecule has 28 heavy (non-hydrogen) atoms. The number of rotatable bonds is 5. The van der Waals surface area contributed by atoms with E-state index < -0.39 is 15.6 Å². The minimum Gasteiger partial charge on any atom is -0.339 e. The Labute approximate surface area is 174 Å². The Morgan fingerprint density at radius 2 is 1.89 bits per heavy atom. The molecule has 0 amide bonds. The van der Waals surface area contributed by atoms with E-state index >= 15 is 0 Å². The third-order valence-electron chi connectivity index (χ3n) is 3.78. The predicted molar refractivity (Wildman–Crippen MR) is 112 cm³/mol. The van der Waals surface area contributed by atoms with Crippen molar-refractivity contribution in [1.29, 1.82) is 0 Å². The lowest BCUT2D eigenvalue weighted by Gasteiger charge is -2.20. The molecule has 0 saturated carbocycles. The quantitative estimate of drug-likeness (QED) is 0.611. The number of hydrogen-bond acceptors (Lipinski definition) is 5. The topological polar surface area (TPSA) is 88.4 Å². The molecule has 0 fully saturated rings. The summed E-state index contributed by atoms with van der Waals surface area (Å²) in [5, 5.41) is 8.59. The van der Waals surface area contributed by atoms with Crippen LogP contribution in [0.2, 0.25) is 10.0 Å². The second-order valence-corrected chi connectivity index (χ2v) is 9.76. The first-order valence-electron chi connectivity index (χ1n) is 8.64. The van der Waals surface area contributed by atoms with E-state index in [1.165, 1.54) is 10.7 Å². The Balaban J connectivity index is 2.15. The van der Waals surface area contributed by atoms with Crippen LogP contribution in [0, 0.1) is 0 Å². The van der Waals surface area contributed by atoms with Crippen molar-refractivity contribution in [3.63, 3.8) is 0 Å². The van der Waals surface area contributed by atoms with Crippen molar-refractivity contribution in [2.75, 3.05) is 5.32 Å². The van der Waals surface area contributed by atoms with E-state index in [4.69, 9.17) is 23.2 Å². The molecular formula is C18H21Cl2N5O2S. The number of aromatic nitrogens is 3. The summed E-state index contributed by atoms with van der Waals surface area (Å²) in [7, 11) is -3.81. The average Bonchev–Trinajstić information content (AvgIpc) is 2.95.